The molecular weight excluding hydrogens is 399 g/mol. The molecule has 0 aliphatic carbocycles. The van der Waals surface area contributed by atoms with Crippen molar-refractivity contribution < 1.29 is 18.0 Å². The highest BCUT2D eigenvalue weighted by molar-refractivity contribution is 6.30. The fourth-order valence-corrected chi connectivity index (χ4v) is 3.42. The highest BCUT2D eigenvalue weighted by Gasteiger charge is 2.34. The van der Waals surface area contributed by atoms with Crippen LogP contribution in [-0.4, -0.2) is 10.8 Å². The number of nitrogens with zero attached hydrogens (tertiary/aromatic N) is 1. The fourth-order valence-electron chi connectivity index (χ4n) is 3.30. The van der Waals surface area contributed by atoms with Crippen LogP contribution in [0.4, 0.5) is 13.2 Å². The Kier molecular flexibility index (Phi) is 4.84. The van der Waals surface area contributed by atoms with Gasteiger partial charge < -0.3 is 0 Å². The summed E-state index contributed by atoms with van der Waals surface area (Å²) in [5, 5.41) is 0.739. The molecule has 0 radical (unpaired) electrons. The monoisotopic (exact) mass is 411 g/mol. The predicted octanol–water partition coefficient (Wildman–Crippen LogP) is 6.81. The number of hydrogen-bond acceptors (Lipinski definition) is 2. The number of ketones is 1. The van der Waals surface area contributed by atoms with Gasteiger partial charge in [0.05, 0.1) is 11.1 Å². The van der Waals surface area contributed by atoms with Crippen molar-refractivity contribution in [3.8, 4) is 11.1 Å². The van der Waals surface area contributed by atoms with Crippen LogP contribution < -0.4 is 0 Å². The number of carbonyl (C=O) groups excluding carboxylic acids is 1. The molecule has 0 spiro atoms. The molecule has 3 aromatic carbocycles. The second kappa shape index (κ2) is 7.33. The minimum Gasteiger partial charge on any atom is -0.289 e. The first-order valence-corrected chi connectivity index (χ1v) is 9.08. The van der Waals surface area contributed by atoms with Crippen molar-refractivity contribution in [3.05, 3.63) is 101 Å². The molecule has 144 valence electrons. The first kappa shape index (κ1) is 19.2. The highest BCUT2D eigenvalue weighted by atomic mass is 35.5. The summed E-state index contributed by atoms with van der Waals surface area (Å²) in [5.74, 6) is -0.317. The third-order valence-corrected chi connectivity index (χ3v) is 4.87. The van der Waals surface area contributed by atoms with E-state index in [9.17, 15) is 18.0 Å². The van der Waals surface area contributed by atoms with E-state index in [4.69, 9.17) is 11.6 Å². The van der Waals surface area contributed by atoms with Gasteiger partial charge in [-0.15, -0.1) is 0 Å². The Labute approximate surface area is 169 Å². The summed E-state index contributed by atoms with van der Waals surface area (Å²) in [6, 6.07) is 19.0. The van der Waals surface area contributed by atoms with Crippen LogP contribution >= 0.6 is 11.6 Å². The summed E-state index contributed by atoms with van der Waals surface area (Å²) in [6.45, 7) is 0. The lowest BCUT2D eigenvalue weighted by molar-refractivity contribution is -0.136. The Morgan fingerprint density at radius 2 is 1.55 bits per heavy atom. The van der Waals surface area contributed by atoms with Crippen molar-refractivity contribution in [1.82, 2.24) is 4.98 Å². The van der Waals surface area contributed by atoms with Gasteiger partial charge >= 0.3 is 6.18 Å². The van der Waals surface area contributed by atoms with Crippen molar-refractivity contribution in [2.75, 3.05) is 0 Å². The molecule has 0 atom stereocenters. The number of benzene rings is 3. The van der Waals surface area contributed by atoms with Crippen LogP contribution in [0.2, 0.25) is 5.02 Å². The summed E-state index contributed by atoms with van der Waals surface area (Å²) in [6.07, 6.45) is -3.34. The zero-order valence-corrected chi connectivity index (χ0v) is 15.6. The second-order valence-electron chi connectivity index (χ2n) is 6.45. The molecule has 0 amide bonds. The Bertz CT molecular complexity index is 1200. The number of rotatable bonds is 3. The Morgan fingerprint density at radius 3 is 2.21 bits per heavy atom. The van der Waals surface area contributed by atoms with Crippen LogP contribution in [0.5, 0.6) is 0 Å². The van der Waals surface area contributed by atoms with Gasteiger partial charge in [-0.3, -0.25) is 9.78 Å². The van der Waals surface area contributed by atoms with Gasteiger partial charge in [0.1, 0.15) is 0 Å². The molecule has 4 rings (SSSR count). The molecule has 0 fully saturated rings. The van der Waals surface area contributed by atoms with Gasteiger partial charge in [0.25, 0.3) is 0 Å². The van der Waals surface area contributed by atoms with Gasteiger partial charge in [-0.05, 0) is 23.8 Å². The predicted molar refractivity (Wildman–Crippen MR) is 107 cm³/mol. The zero-order chi connectivity index (χ0) is 20.6. The molecular formula is C23H13ClF3NO. The van der Waals surface area contributed by atoms with Crippen molar-refractivity contribution >= 4 is 28.3 Å². The number of carbonyl (C=O) groups is 1. The Balaban J connectivity index is 2.05. The molecule has 29 heavy (non-hydrogen) atoms. The van der Waals surface area contributed by atoms with Crippen molar-refractivity contribution in [3.63, 3.8) is 0 Å². The molecule has 0 saturated heterocycles. The maximum atomic E-state index is 13.5. The third kappa shape index (κ3) is 3.61. The Morgan fingerprint density at radius 1 is 0.862 bits per heavy atom. The van der Waals surface area contributed by atoms with E-state index in [0.717, 1.165) is 6.07 Å². The molecule has 0 aliphatic heterocycles. The number of alkyl halides is 3. The maximum absolute atomic E-state index is 13.5. The van der Waals surface area contributed by atoms with E-state index in [2.05, 4.69) is 4.98 Å². The van der Waals surface area contributed by atoms with E-state index >= 15 is 0 Å². The minimum absolute atomic E-state index is 0.199. The van der Waals surface area contributed by atoms with Gasteiger partial charge in [-0.2, -0.15) is 13.2 Å². The van der Waals surface area contributed by atoms with Crippen molar-refractivity contribution in [2.45, 2.75) is 6.18 Å². The second-order valence-corrected chi connectivity index (χ2v) is 6.88. The van der Waals surface area contributed by atoms with E-state index in [1.54, 1.807) is 60.7 Å². The zero-order valence-electron chi connectivity index (χ0n) is 14.9. The smallest absolute Gasteiger partial charge is 0.289 e. The average molecular weight is 412 g/mol. The van der Waals surface area contributed by atoms with E-state index in [-0.39, 0.29) is 22.2 Å². The van der Waals surface area contributed by atoms with E-state index in [0.29, 0.717) is 21.7 Å². The van der Waals surface area contributed by atoms with Gasteiger partial charge in [0.15, 0.2) is 5.78 Å². The minimum atomic E-state index is -4.56. The van der Waals surface area contributed by atoms with Crippen molar-refractivity contribution in [1.29, 1.82) is 0 Å². The number of halogens is 4. The largest absolute Gasteiger partial charge is 0.418 e. The quantitative estimate of drug-likeness (QED) is 0.347. The lowest BCUT2D eigenvalue weighted by Gasteiger charge is -2.16. The molecule has 1 heterocycles. The van der Waals surface area contributed by atoms with Crippen LogP contribution in [-0.2, 0) is 6.18 Å². The van der Waals surface area contributed by atoms with E-state index in [1.807, 2.05) is 0 Å². The van der Waals surface area contributed by atoms with Gasteiger partial charge in [-0.25, -0.2) is 0 Å². The SMILES string of the molecule is O=C(c1ccccc1)c1cnc2c(C(F)(F)F)cccc2c1-c1ccc(Cl)cc1. The fraction of sp³-hybridized carbons (Fsp3) is 0.0435. The number of pyridine rings is 1. The van der Waals surface area contributed by atoms with E-state index in [1.165, 1.54) is 12.3 Å². The molecule has 0 saturated carbocycles. The number of hydrogen-bond donors (Lipinski definition) is 0. The first-order chi connectivity index (χ1) is 13.9. The molecule has 6 heteroatoms. The van der Waals surface area contributed by atoms with Crippen LogP contribution in [0.1, 0.15) is 21.5 Å². The first-order valence-electron chi connectivity index (χ1n) is 8.71. The maximum Gasteiger partial charge on any atom is 0.418 e. The summed E-state index contributed by atoms with van der Waals surface area (Å²) in [7, 11) is 0. The van der Waals surface area contributed by atoms with E-state index < -0.39 is 11.7 Å². The van der Waals surface area contributed by atoms with Gasteiger partial charge in [-0.1, -0.05) is 66.2 Å². The summed E-state index contributed by atoms with van der Waals surface area (Å²) in [5.41, 5.74) is 0.590. The molecule has 4 aromatic rings. The highest BCUT2D eigenvalue weighted by Crippen LogP contribution is 2.39. The van der Waals surface area contributed by atoms with Gasteiger partial charge in [0, 0.05) is 33.3 Å². The average Bonchev–Trinajstić information content (AvgIpc) is 2.72. The topological polar surface area (TPSA) is 30.0 Å². The van der Waals surface area contributed by atoms with Crippen LogP contribution in [0.15, 0.2) is 79.0 Å². The summed E-state index contributed by atoms with van der Waals surface area (Å²) < 4.78 is 40.5. The number of aromatic nitrogens is 1. The van der Waals surface area contributed by atoms with Crippen molar-refractivity contribution in [2.24, 2.45) is 0 Å². The van der Waals surface area contributed by atoms with Gasteiger partial charge in [0.2, 0.25) is 0 Å². The van der Waals surface area contributed by atoms with Crippen LogP contribution in [0, 0.1) is 0 Å². The molecule has 0 bridgehead atoms. The summed E-state index contributed by atoms with van der Waals surface area (Å²) in [4.78, 5) is 17.2. The Hall–Kier alpha value is -3.18. The third-order valence-electron chi connectivity index (χ3n) is 4.62. The lowest BCUT2D eigenvalue weighted by atomic mass is 9.91. The van der Waals surface area contributed by atoms with Crippen LogP contribution in [0.3, 0.4) is 0 Å². The lowest BCUT2D eigenvalue weighted by Crippen LogP contribution is -2.09. The standard InChI is InChI=1S/C23H13ClF3NO/c24-16-11-9-14(10-12-16)20-17-7-4-8-19(23(25,26)27)21(17)28-13-18(20)22(29)15-5-2-1-3-6-15/h1-13H. The van der Waals surface area contributed by atoms with Crippen LogP contribution in [0.25, 0.3) is 22.0 Å². The molecule has 2 nitrogen and oxygen atoms in total. The normalized spacial score (nSPS) is 11.6. The number of fused-ring (bicyclic) bond motifs is 1. The molecule has 0 aliphatic rings. The number of para-hydroxylation sites is 1. The molecule has 0 N–H and O–H groups in total. The summed E-state index contributed by atoms with van der Waals surface area (Å²) >= 11 is 5.97. The molecule has 1 aromatic heterocycles. The molecule has 0 unspecified atom stereocenters.